The van der Waals surface area contributed by atoms with Gasteiger partial charge in [0, 0.05) is 5.56 Å². The van der Waals surface area contributed by atoms with Gasteiger partial charge in [-0.1, -0.05) is 0 Å². The van der Waals surface area contributed by atoms with Crippen LogP contribution in [0.2, 0.25) is 0 Å². The second-order valence-electron chi connectivity index (χ2n) is 6.04. The maximum Gasteiger partial charge on any atom is 0.480 e. The van der Waals surface area contributed by atoms with Crippen LogP contribution in [0.1, 0.15) is 44.8 Å². The predicted molar refractivity (Wildman–Crippen MR) is 75.8 cm³/mol. The highest BCUT2D eigenvalue weighted by Crippen LogP contribution is 2.40. The Bertz CT molecular complexity index is 550. The van der Waals surface area contributed by atoms with E-state index in [4.69, 9.17) is 20.3 Å². The summed E-state index contributed by atoms with van der Waals surface area (Å²) in [5.74, 6) is -0.629. The van der Waals surface area contributed by atoms with E-state index < -0.39 is 24.3 Å². The first kappa shape index (κ1) is 14.9. The van der Waals surface area contributed by atoms with Crippen LogP contribution < -0.4 is 5.73 Å². The van der Waals surface area contributed by atoms with Gasteiger partial charge in [0.15, 0.2) is 0 Å². The Kier molecular flexibility index (Phi) is 3.55. The van der Waals surface area contributed by atoms with E-state index in [2.05, 4.69) is 0 Å². The third-order valence-corrected chi connectivity index (χ3v) is 4.08. The molecule has 0 aromatic heterocycles. The molecule has 1 aromatic carbocycles. The minimum Gasteiger partial charge on any atom is -0.508 e. The van der Waals surface area contributed by atoms with E-state index in [-0.39, 0.29) is 5.75 Å². The fraction of sp³-hybridized carbons (Fsp3) is 0.500. The van der Waals surface area contributed by atoms with Gasteiger partial charge in [-0.15, -0.1) is 0 Å². The Hall–Kier alpha value is -1.55. The smallest absolute Gasteiger partial charge is 0.480 e. The molecule has 2 rings (SSSR count). The zero-order valence-electron chi connectivity index (χ0n) is 12.2. The number of hydrogen-bond donors (Lipinski definition) is 2. The summed E-state index contributed by atoms with van der Waals surface area (Å²) in [7, 11) is -0.667. The number of phenolic OH excluding ortho intramolecular Hbond substituents is 1. The first-order valence-corrected chi connectivity index (χ1v) is 6.52. The molecule has 0 spiro atoms. The van der Waals surface area contributed by atoms with Gasteiger partial charge in [0.2, 0.25) is 0 Å². The maximum atomic E-state index is 9.92. The number of nitrogens with two attached hydrogens (primary N) is 1. The summed E-state index contributed by atoms with van der Waals surface area (Å²) in [5.41, 5.74) is 6.05. The summed E-state index contributed by atoms with van der Waals surface area (Å²) in [6.45, 7) is 7.74. The molecule has 1 heterocycles. The summed E-state index contributed by atoms with van der Waals surface area (Å²) in [4.78, 5) is 0. The summed E-state index contributed by atoms with van der Waals surface area (Å²) in [6, 6.07) is 6.58. The van der Waals surface area contributed by atoms with Gasteiger partial charge in [0.25, 0.3) is 0 Å². The largest absolute Gasteiger partial charge is 0.508 e. The van der Waals surface area contributed by atoms with Gasteiger partial charge in [-0.25, -0.2) is 0 Å². The number of nitriles is 1. The van der Waals surface area contributed by atoms with Gasteiger partial charge in [-0.2, -0.15) is 5.26 Å². The second-order valence-corrected chi connectivity index (χ2v) is 6.04. The van der Waals surface area contributed by atoms with Gasteiger partial charge in [0.1, 0.15) is 5.75 Å². The van der Waals surface area contributed by atoms with Crippen LogP contribution in [0.25, 0.3) is 0 Å². The van der Waals surface area contributed by atoms with Gasteiger partial charge >= 0.3 is 7.12 Å². The molecule has 0 saturated carbocycles. The molecule has 0 unspecified atom stereocenters. The highest BCUT2D eigenvalue weighted by Gasteiger charge is 2.53. The van der Waals surface area contributed by atoms with Crippen LogP contribution in [0.15, 0.2) is 18.2 Å². The number of phenols is 1. The third-order valence-electron chi connectivity index (χ3n) is 4.08. The Morgan fingerprint density at radius 3 is 2.30 bits per heavy atom. The molecule has 0 aliphatic carbocycles. The standard InChI is InChI=1S/C14H19BN2O3/c1-13(2)14(3,4)20-15(19-13)12(17)10-7-9(8-16)5-6-11(10)18/h5-7,12,18H,17H2,1-4H3/t12-/m1/s1. The van der Waals surface area contributed by atoms with E-state index >= 15 is 0 Å². The van der Waals surface area contributed by atoms with Crippen LogP contribution in [-0.4, -0.2) is 23.4 Å². The van der Waals surface area contributed by atoms with Gasteiger partial charge in [-0.05, 0) is 45.9 Å². The topological polar surface area (TPSA) is 88.5 Å². The van der Waals surface area contributed by atoms with Crippen molar-refractivity contribution in [3.63, 3.8) is 0 Å². The summed E-state index contributed by atoms with van der Waals surface area (Å²) in [5, 5.41) is 18.9. The molecule has 0 radical (unpaired) electrons. The van der Waals surface area contributed by atoms with E-state index in [0.29, 0.717) is 11.1 Å². The average molecular weight is 274 g/mol. The van der Waals surface area contributed by atoms with Crippen molar-refractivity contribution < 1.29 is 14.4 Å². The van der Waals surface area contributed by atoms with Crippen molar-refractivity contribution in [1.29, 1.82) is 5.26 Å². The monoisotopic (exact) mass is 274 g/mol. The van der Waals surface area contributed by atoms with Crippen molar-refractivity contribution in [1.82, 2.24) is 0 Å². The molecule has 1 aliphatic rings. The maximum absolute atomic E-state index is 9.92. The SMILES string of the molecule is CC1(C)OB([C@H](N)c2cc(C#N)ccc2O)OC1(C)C. The molecule has 1 aromatic rings. The van der Waals surface area contributed by atoms with Crippen LogP contribution >= 0.6 is 0 Å². The first-order chi connectivity index (χ1) is 9.18. The van der Waals surface area contributed by atoms with Crippen molar-refractivity contribution in [3.05, 3.63) is 29.3 Å². The van der Waals surface area contributed by atoms with Crippen molar-refractivity contribution in [2.45, 2.75) is 44.8 Å². The Labute approximate surface area is 119 Å². The van der Waals surface area contributed by atoms with Crippen molar-refractivity contribution in [3.8, 4) is 11.8 Å². The van der Waals surface area contributed by atoms with E-state index in [1.54, 1.807) is 6.07 Å². The van der Waals surface area contributed by atoms with E-state index in [1.807, 2.05) is 33.8 Å². The second kappa shape index (κ2) is 4.78. The lowest BCUT2D eigenvalue weighted by Crippen LogP contribution is -2.41. The summed E-state index contributed by atoms with van der Waals surface area (Å²) in [6.07, 6.45) is 0. The first-order valence-electron chi connectivity index (χ1n) is 6.52. The summed E-state index contributed by atoms with van der Waals surface area (Å²) < 4.78 is 11.7. The Morgan fingerprint density at radius 2 is 1.80 bits per heavy atom. The third kappa shape index (κ3) is 2.40. The molecule has 20 heavy (non-hydrogen) atoms. The molecule has 1 atom stereocenters. The average Bonchev–Trinajstić information content (AvgIpc) is 2.58. The molecular weight excluding hydrogens is 255 g/mol. The zero-order chi connectivity index (χ0) is 15.1. The lowest BCUT2D eigenvalue weighted by Gasteiger charge is -2.32. The molecule has 3 N–H and O–H groups in total. The fourth-order valence-electron chi connectivity index (χ4n) is 2.07. The minimum atomic E-state index is -0.667. The Balaban J connectivity index is 2.30. The quantitative estimate of drug-likeness (QED) is 0.804. The molecule has 1 fully saturated rings. The van der Waals surface area contributed by atoms with Crippen LogP contribution in [0.3, 0.4) is 0 Å². The Morgan fingerprint density at radius 1 is 1.25 bits per heavy atom. The molecule has 106 valence electrons. The lowest BCUT2D eigenvalue weighted by molar-refractivity contribution is 0.00578. The van der Waals surface area contributed by atoms with Crippen LogP contribution in [0, 0.1) is 11.3 Å². The predicted octanol–water partition coefficient (Wildman–Crippen LogP) is 1.90. The summed E-state index contributed by atoms with van der Waals surface area (Å²) >= 11 is 0. The number of nitrogens with zero attached hydrogens (tertiary/aromatic N) is 1. The molecular formula is C14H19BN2O3. The van der Waals surface area contributed by atoms with Crippen molar-refractivity contribution in [2.75, 3.05) is 0 Å². The molecule has 6 heteroatoms. The van der Waals surface area contributed by atoms with Crippen LogP contribution in [0.4, 0.5) is 0 Å². The molecule has 5 nitrogen and oxygen atoms in total. The van der Waals surface area contributed by atoms with Gasteiger partial charge in [-0.3, -0.25) is 0 Å². The molecule has 0 bridgehead atoms. The number of benzene rings is 1. The van der Waals surface area contributed by atoms with Crippen molar-refractivity contribution in [2.24, 2.45) is 5.73 Å². The highest BCUT2D eigenvalue weighted by atomic mass is 16.7. The molecule has 0 amide bonds. The molecule has 1 saturated heterocycles. The van der Waals surface area contributed by atoms with Crippen molar-refractivity contribution >= 4 is 7.12 Å². The number of rotatable bonds is 2. The molecule has 1 aliphatic heterocycles. The lowest BCUT2D eigenvalue weighted by atomic mass is 9.74. The van der Waals surface area contributed by atoms with E-state index in [1.165, 1.54) is 12.1 Å². The van der Waals surface area contributed by atoms with E-state index in [9.17, 15) is 5.11 Å². The van der Waals surface area contributed by atoms with E-state index in [0.717, 1.165) is 0 Å². The van der Waals surface area contributed by atoms with Crippen LogP contribution in [-0.2, 0) is 9.31 Å². The normalized spacial score (nSPS) is 21.5. The van der Waals surface area contributed by atoms with Crippen LogP contribution in [0.5, 0.6) is 5.75 Å². The highest BCUT2D eigenvalue weighted by molar-refractivity contribution is 6.47. The number of hydrogen-bond acceptors (Lipinski definition) is 5. The van der Waals surface area contributed by atoms with Gasteiger partial charge in [0.05, 0.1) is 28.8 Å². The fourth-order valence-corrected chi connectivity index (χ4v) is 2.07. The number of aromatic hydroxyl groups is 1. The zero-order valence-corrected chi connectivity index (χ0v) is 12.2. The minimum absolute atomic E-state index is 0.0335. The van der Waals surface area contributed by atoms with Gasteiger partial charge < -0.3 is 20.1 Å².